The van der Waals surface area contributed by atoms with Crippen LogP contribution in [0.3, 0.4) is 0 Å². The Morgan fingerprint density at radius 3 is 2.71 bits per heavy atom. The van der Waals surface area contributed by atoms with E-state index in [1.807, 2.05) is 37.3 Å². The molecule has 3 heterocycles. The summed E-state index contributed by atoms with van der Waals surface area (Å²) in [5.41, 5.74) is 3.19. The third-order valence-corrected chi connectivity index (χ3v) is 7.09. The van der Waals surface area contributed by atoms with Crippen LogP contribution in [0.5, 0.6) is 0 Å². The van der Waals surface area contributed by atoms with Gasteiger partial charge in [-0.3, -0.25) is 14.9 Å². The molecule has 0 radical (unpaired) electrons. The lowest BCUT2D eigenvalue weighted by molar-refractivity contribution is -0.117. The van der Waals surface area contributed by atoms with E-state index in [4.69, 9.17) is 16.1 Å². The van der Waals surface area contributed by atoms with Crippen LogP contribution in [-0.4, -0.2) is 33.7 Å². The summed E-state index contributed by atoms with van der Waals surface area (Å²) in [7, 11) is 0. The minimum absolute atomic E-state index is 0.0459. The summed E-state index contributed by atoms with van der Waals surface area (Å²) >= 11 is 7.55. The Labute approximate surface area is 204 Å². The zero-order chi connectivity index (χ0) is 23.8. The largest absolute Gasteiger partial charge is 0.360 e. The number of nitrogens with zero attached hydrogens (tertiary/aromatic N) is 4. The average Bonchev–Trinajstić information content (AvgIpc) is 3.53. The lowest BCUT2D eigenvalue weighted by atomic mass is 10.1. The molecule has 34 heavy (non-hydrogen) atoms. The minimum Gasteiger partial charge on any atom is -0.360 e. The SMILES string of the molecule is Cc1ccccc1N1CC(c2nnc(NC(=O)c3c(-c4ccccc4Cl)noc3C)s2)CC1=O. The van der Waals surface area contributed by atoms with Crippen molar-refractivity contribution in [2.75, 3.05) is 16.8 Å². The number of nitrogens with one attached hydrogen (secondary N) is 1. The highest BCUT2D eigenvalue weighted by molar-refractivity contribution is 7.15. The standard InChI is InChI=1S/C24H20ClN5O3S/c1-13-7-3-6-10-18(13)30-12-15(11-19(30)31)23-27-28-24(34-23)26-22(32)20-14(2)33-29-21(20)16-8-4-5-9-17(16)25/h3-10,15H,11-12H2,1-2H3,(H,26,28,32). The summed E-state index contributed by atoms with van der Waals surface area (Å²) in [6.45, 7) is 4.17. The predicted molar refractivity (Wildman–Crippen MR) is 130 cm³/mol. The number of anilines is 2. The van der Waals surface area contributed by atoms with Crippen molar-refractivity contribution < 1.29 is 14.1 Å². The average molecular weight is 494 g/mol. The number of rotatable bonds is 5. The van der Waals surface area contributed by atoms with E-state index in [0.717, 1.165) is 11.3 Å². The van der Waals surface area contributed by atoms with Gasteiger partial charge in [0.2, 0.25) is 11.0 Å². The van der Waals surface area contributed by atoms with Crippen LogP contribution in [0.4, 0.5) is 10.8 Å². The number of carbonyl (C=O) groups is 2. The molecule has 10 heteroatoms. The summed E-state index contributed by atoms with van der Waals surface area (Å²) in [5, 5.41) is 16.7. The van der Waals surface area contributed by atoms with E-state index < -0.39 is 5.91 Å². The first-order valence-electron chi connectivity index (χ1n) is 10.6. The second kappa shape index (κ2) is 9.00. The molecule has 8 nitrogen and oxygen atoms in total. The molecule has 0 spiro atoms. The molecule has 2 aromatic carbocycles. The van der Waals surface area contributed by atoms with Crippen LogP contribution in [0.1, 0.15) is 39.0 Å². The van der Waals surface area contributed by atoms with Crippen LogP contribution in [0.15, 0.2) is 53.1 Å². The highest BCUT2D eigenvalue weighted by Crippen LogP contribution is 2.36. The maximum absolute atomic E-state index is 13.1. The number of hydrogen-bond donors (Lipinski definition) is 1. The lowest BCUT2D eigenvalue weighted by Crippen LogP contribution is -2.25. The van der Waals surface area contributed by atoms with Crippen LogP contribution in [0, 0.1) is 13.8 Å². The van der Waals surface area contributed by atoms with E-state index in [0.29, 0.717) is 45.1 Å². The summed E-state index contributed by atoms with van der Waals surface area (Å²) < 4.78 is 5.28. The number of halogens is 1. The van der Waals surface area contributed by atoms with Crippen LogP contribution in [0.25, 0.3) is 11.3 Å². The fourth-order valence-corrected chi connectivity index (χ4v) is 5.11. The Kier molecular flexibility index (Phi) is 5.89. The summed E-state index contributed by atoms with van der Waals surface area (Å²) in [6, 6.07) is 14.9. The van der Waals surface area contributed by atoms with Gasteiger partial charge in [-0.15, -0.1) is 10.2 Å². The molecule has 0 saturated carbocycles. The van der Waals surface area contributed by atoms with Crippen molar-refractivity contribution in [2.45, 2.75) is 26.2 Å². The van der Waals surface area contributed by atoms with Gasteiger partial charge >= 0.3 is 0 Å². The first kappa shape index (κ1) is 22.2. The third-order valence-electron chi connectivity index (χ3n) is 5.76. The van der Waals surface area contributed by atoms with Gasteiger partial charge in [-0.2, -0.15) is 0 Å². The zero-order valence-electron chi connectivity index (χ0n) is 18.4. The van der Waals surface area contributed by atoms with E-state index >= 15 is 0 Å². The van der Waals surface area contributed by atoms with Gasteiger partial charge in [-0.25, -0.2) is 0 Å². The van der Waals surface area contributed by atoms with Gasteiger partial charge in [0, 0.05) is 30.1 Å². The Morgan fingerprint density at radius 2 is 1.91 bits per heavy atom. The summed E-state index contributed by atoms with van der Waals surface area (Å²) in [5.74, 6) is -0.0938. The molecule has 1 saturated heterocycles. The van der Waals surface area contributed by atoms with Gasteiger partial charge in [-0.05, 0) is 31.5 Å². The van der Waals surface area contributed by atoms with Gasteiger partial charge < -0.3 is 9.42 Å². The molecule has 4 aromatic rings. The monoisotopic (exact) mass is 493 g/mol. The van der Waals surface area contributed by atoms with Crippen LogP contribution in [-0.2, 0) is 4.79 Å². The summed E-state index contributed by atoms with van der Waals surface area (Å²) in [4.78, 5) is 27.5. The topological polar surface area (TPSA) is 101 Å². The van der Waals surface area contributed by atoms with Gasteiger partial charge in [0.25, 0.3) is 5.91 Å². The number of para-hydroxylation sites is 1. The molecular weight excluding hydrogens is 474 g/mol. The highest BCUT2D eigenvalue weighted by atomic mass is 35.5. The van der Waals surface area contributed by atoms with Gasteiger partial charge in [0.15, 0.2) is 0 Å². The number of hydrogen-bond acceptors (Lipinski definition) is 7. The van der Waals surface area contributed by atoms with E-state index in [9.17, 15) is 9.59 Å². The van der Waals surface area contributed by atoms with Crippen molar-refractivity contribution in [1.29, 1.82) is 0 Å². The van der Waals surface area contributed by atoms with Crippen molar-refractivity contribution in [3.05, 3.63) is 75.4 Å². The van der Waals surface area contributed by atoms with Crippen molar-refractivity contribution in [3.8, 4) is 11.3 Å². The van der Waals surface area contributed by atoms with Crippen molar-refractivity contribution in [2.24, 2.45) is 0 Å². The van der Waals surface area contributed by atoms with Gasteiger partial charge in [0.05, 0.1) is 5.02 Å². The molecule has 5 rings (SSSR count). The van der Waals surface area contributed by atoms with Crippen LogP contribution >= 0.6 is 22.9 Å². The maximum atomic E-state index is 13.1. The second-order valence-electron chi connectivity index (χ2n) is 8.03. The fourth-order valence-electron chi connectivity index (χ4n) is 4.06. The molecule has 2 aromatic heterocycles. The Bertz CT molecular complexity index is 1400. The number of amides is 2. The molecule has 2 amide bonds. The number of aryl methyl sites for hydroxylation is 2. The van der Waals surface area contributed by atoms with Gasteiger partial charge in [-0.1, -0.05) is 64.5 Å². The van der Waals surface area contributed by atoms with E-state index in [1.165, 1.54) is 11.3 Å². The lowest BCUT2D eigenvalue weighted by Gasteiger charge is -2.18. The third kappa shape index (κ3) is 4.08. The van der Waals surface area contributed by atoms with E-state index in [-0.39, 0.29) is 17.4 Å². The molecule has 1 N–H and O–H groups in total. The number of carbonyl (C=O) groups excluding carboxylic acids is 2. The van der Waals surface area contributed by atoms with Gasteiger partial charge in [0.1, 0.15) is 22.0 Å². The molecule has 1 unspecified atom stereocenters. The Balaban J connectivity index is 1.34. The molecule has 1 aliphatic heterocycles. The van der Waals surface area contributed by atoms with E-state index in [2.05, 4.69) is 20.7 Å². The van der Waals surface area contributed by atoms with Crippen LogP contribution < -0.4 is 10.2 Å². The maximum Gasteiger partial charge on any atom is 0.263 e. The Morgan fingerprint density at radius 1 is 1.15 bits per heavy atom. The van der Waals surface area contributed by atoms with Crippen LogP contribution in [0.2, 0.25) is 5.02 Å². The predicted octanol–water partition coefficient (Wildman–Crippen LogP) is 5.24. The molecule has 1 fully saturated rings. The van der Waals surface area contributed by atoms with Crippen molar-refractivity contribution in [3.63, 3.8) is 0 Å². The fraction of sp³-hybridized carbons (Fsp3) is 0.208. The molecule has 1 atom stereocenters. The van der Waals surface area contributed by atoms with E-state index in [1.54, 1.807) is 30.0 Å². The summed E-state index contributed by atoms with van der Waals surface area (Å²) in [6.07, 6.45) is 0.346. The number of benzene rings is 2. The molecule has 0 bridgehead atoms. The highest BCUT2D eigenvalue weighted by Gasteiger charge is 2.34. The molecule has 172 valence electrons. The number of aromatic nitrogens is 3. The minimum atomic E-state index is -0.416. The first-order chi connectivity index (χ1) is 16.4. The Hall–Kier alpha value is -3.56. The van der Waals surface area contributed by atoms with Crippen molar-refractivity contribution in [1.82, 2.24) is 15.4 Å². The smallest absolute Gasteiger partial charge is 0.263 e. The second-order valence-corrected chi connectivity index (χ2v) is 9.45. The molecular formula is C24H20ClN5O3S. The quantitative estimate of drug-likeness (QED) is 0.408. The normalized spacial score (nSPS) is 15.7. The first-order valence-corrected chi connectivity index (χ1v) is 11.8. The van der Waals surface area contributed by atoms with Crippen molar-refractivity contribution >= 4 is 45.6 Å². The molecule has 1 aliphatic rings. The zero-order valence-corrected chi connectivity index (χ0v) is 20.0. The molecule has 0 aliphatic carbocycles.